The molecule has 3 aromatic rings. The van der Waals surface area contributed by atoms with Crippen molar-refractivity contribution in [2.45, 2.75) is 85.4 Å². The average molecular weight is 736 g/mol. The zero-order valence-corrected chi connectivity index (χ0v) is 30.0. The molecule has 4 aliphatic rings. The molecule has 5 heterocycles. The highest BCUT2D eigenvalue weighted by Crippen LogP contribution is 2.52. The molecule has 2 aromatic carbocycles. The number of carboxylic acids is 2. The molecule has 4 saturated heterocycles. The largest absolute Gasteiger partial charge is 0.480 e. The highest BCUT2D eigenvalue weighted by Gasteiger charge is 2.65. The lowest BCUT2D eigenvalue weighted by molar-refractivity contribution is -0.161. The summed E-state index contributed by atoms with van der Waals surface area (Å²) >= 11 is 2.80. The molecule has 16 heteroatoms. The molecule has 6 atom stereocenters. The second kappa shape index (κ2) is 13.4. The van der Waals surface area contributed by atoms with E-state index in [2.05, 4.69) is 15.8 Å². The van der Waals surface area contributed by atoms with Crippen LogP contribution in [0.1, 0.15) is 49.4 Å². The number of nitrogens with zero attached hydrogens (tertiary/aromatic N) is 3. The standard InChI is InChI=1S/C19H19N3O5S.C16H18N2O4S/c1-9-11(12(21-27-9)10-7-5-4-6-8-10)15(23)20-13-16(24)22-14(18(25)26)19(2,3)28-17(13)22;1-16(2)12(15(21)22)18-13(20)11(14(18)23-16)17-10(19)8-9-6-4-3-5-7-9/h4-8,13-14,17H,1-3H3,(H,20,23)(H,25,26);3-7,11-12,14H,8H2,1-2H3,(H,17,19)(H,21,22)/t13-,14+,17-;11-,12+,14-/m11/s1. The van der Waals surface area contributed by atoms with Crippen LogP contribution in [0, 0.1) is 6.92 Å². The van der Waals surface area contributed by atoms with Crippen LogP contribution in [-0.2, 0) is 30.4 Å². The fraction of sp³-hybridized carbons (Fsp3) is 0.400. The van der Waals surface area contributed by atoms with Gasteiger partial charge >= 0.3 is 11.9 Å². The third-order valence-corrected chi connectivity index (χ3v) is 12.4. The van der Waals surface area contributed by atoms with Gasteiger partial charge in [-0.25, -0.2) is 9.59 Å². The van der Waals surface area contributed by atoms with Gasteiger partial charge < -0.3 is 35.2 Å². The van der Waals surface area contributed by atoms with Gasteiger partial charge in [0.1, 0.15) is 51.9 Å². The average Bonchev–Trinajstić information content (AvgIpc) is 3.68. The quantitative estimate of drug-likeness (QED) is 0.247. The van der Waals surface area contributed by atoms with Crippen LogP contribution in [0.5, 0.6) is 0 Å². The number of carbonyl (C=O) groups excluding carboxylic acids is 4. The van der Waals surface area contributed by atoms with Crippen LogP contribution in [0.3, 0.4) is 0 Å². The number of aryl methyl sites for hydroxylation is 1. The molecule has 7 rings (SSSR count). The number of thioether (sulfide) groups is 2. The van der Waals surface area contributed by atoms with Crippen molar-refractivity contribution in [3.63, 3.8) is 0 Å². The maximum atomic E-state index is 12.9. The van der Waals surface area contributed by atoms with Crippen LogP contribution in [0.2, 0.25) is 0 Å². The Labute approximate surface area is 301 Å². The number of hydrogen-bond donors (Lipinski definition) is 4. The van der Waals surface area contributed by atoms with E-state index in [9.17, 15) is 39.0 Å². The number of carboxylic acid groups (broad SMARTS) is 2. The molecule has 0 radical (unpaired) electrons. The van der Waals surface area contributed by atoms with Gasteiger partial charge in [0.25, 0.3) is 5.91 Å². The second-order valence-corrected chi connectivity index (χ2v) is 17.2. The van der Waals surface area contributed by atoms with E-state index in [1.807, 2.05) is 74.5 Å². The van der Waals surface area contributed by atoms with E-state index < -0.39 is 56.9 Å². The summed E-state index contributed by atoms with van der Waals surface area (Å²) in [5, 5.41) is 27.6. The molecule has 268 valence electrons. The summed E-state index contributed by atoms with van der Waals surface area (Å²) in [7, 11) is 0. The fourth-order valence-electron chi connectivity index (χ4n) is 6.94. The van der Waals surface area contributed by atoms with Gasteiger partial charge in [-0.1, -0.05) is 65.8 Å². The van der Waals surface area contributed by atoms with Crippen molar-refractivity contribution in [2.75, 3.05) is 0 Å². The maximum absolute atomic E-state index is 12.9. The lowest BCUT2D eigenvalue weighted by Gasteiger charge is -2.43. The number of rotatable bonds is 8. The minimum Gasteiger partial charge on any atom is -0.480 e. The molecular formula is C35H37N5O9S2. The van der Waals surface area contributed by atoms with Gasteiger partial charge in [0.15, 0.2) is 0 Å². The van der Waals surface area contributed by atoms with Crippen LogP contribution >= 0.6 is 23.5 Å². The summed E-state index contributed by atoms with van der Waals surface area (Å²) in [4.78, 5) is 75.6. The molecule has 0 bridgehead atoms. The topological polar surface area (TPSA) is 199 Å². The highest BCUT2D eigenvalue weighted by molar-refractivity contribution is 8.02. The SMILES string of the molecule is CC1(C)S[C@@H]2[C@H](NC(=O)Cc3ccccc3)C(=O)N2[C@H]1C(=O)O.Cc1onc(-c2ccccc2)c1C(=O)N[C@@H]1C(=O)N2[C@@H]1SC(C)(C)[C@@H]2C(=O)O. The Morgan fingerprint density at radius 3 is 1.75 bits per heavy atom. The van der Waals surface area contributed by atoms with Crippen LogP contribution < -0.4 is 10.6 Å². The summed E-state index contributed by atoms with van der Waals surface area (Å²) in [5.41, 5.74) is 2.28. The molecule has 0 spiro atoms. The summed E-state index contributed by atoms with van der Waals surface area (Å²) < 4.78 is 3.99. The van der Waals surface area contributed by atoms with Gasteiger partial charge in [-0.2, -0.15) is 0 Å². The van der Waals surface area contributed by atoms with Crippen molar-refractivity contribution in [2.24, 2.45) is 0 Å². The number of amides is 4. The zero-order chi connectivity index (χ0) is 37.0. The maximum Gasteiger partial charge on any atom is 0.327 e. The van der Waals surface area contributed by atoms with Crippen molar-refractivity contribution in [3.8, 4) is 11.3 Å². The molecule has 4 N–H and O–H groups in total. The number of nitrogens with one attached hydrogen (secondary N) is 2. The van der Waals surface area contributed by atoms with E-state index in [0.29, 0.717) is 11.5 Å². The van der Waals surface area contributed by atoms with Gasteiger partial charge in [0, 0.05) is 15.1 Å². The number of aliphatic carboxylic acids is 2. The van der Waals surface area contributed by atoms with Crippen molar-refractivity contribution in [1.29, 1.82) is 0 Å². The first-order valence-electron chi connectivity index (χ1n) is 16.1. The van der Waals surface area contributed by atoms with Gasteiger partial charge in [-0.15, -0.1) is 23.5 Å². The van der Waals surface area contributed by atoms with E-state index >= 15 is 0 Å². The summed E-state index contributed by atoms with van der Waals surface area (Å²) in [6, 6.07) is 15.2. The third-order valence-electron chi connectivity index (χ3n) is 9.30. The first kappa shape index (κ1) is 36.0. The van der Waals surface area contributed by atoms with Crippen molar-refractivity contribution in [1.82, 2.24) is 25.6 Å². The predicted molar refractivity (Wildman–Crippen MR) is 187 cm³/mol. The Morgan fingerprint density at radius 1 is 0.784 bits per heavy atom. The molecule has 4 aliphatic heterocycles. The minimum atomic E-state index is -1.04. The first-order chi connectivity index (χ1) is 24.0. The monoisotopic (exact) mass is 735 g/mol. The molecule has 4 amide bonds. The van der Waals surface area contributed by atoms with Gasteiger partial charge in [0.2, 0.25) is 17.7 Å². The Hall–Kier alpha value is -4.83. The lowest BCUT2D eigenvalue weighted by Crippen LogP contribution is -2.70. The number of aromatic nitrogens is 1. The summed E-state index contributed by atoms with van der Waals surface area (Å²) in [6.45, 7) is 8.84. The minimum absolute atomic E-state index is 0.202. The fourth-order valence-corrected chi connectivity index (χ4v) is 10.2. The van der Waals surface area contributed by atoms with Crippen molar-refractivity contribution in [3.05, 3.63) is 77.6 Å². The van der Waals surface area contributed by atoms with E-state index in [4.69, 9.17) is 4.52 Å². The van der Waals surface area contributed by atoms with E-state index in [1.54, 1.807) is 20.8 Å². The van der Waals surface area contributed by atoms with Crippen molar-refractivity contribution >= 4 is 59.1 Å². The Bertz CT molecular complexity index is 1900. The Morgan fingerprint density at radius 2 is 1.25 bits per heavy atom. The molecule has 51 heavy (non-hydrogen) atoms. The van der Waals surface area contributed by atoms with Crippen molar-refractivity contribution < 1.29 is 43.5 Å². The van der Waals surface area contributed by atoms with E-state index in [-0.39, 0.29) is 35.1 Å². The van der Waals surface area contributed by atoms with E-state index in [1.165, 1.54) is 33.3 Å². The molecule has 4 fully saturated rings. The molecular weight excluding hydrogens is 699 g/mol. The number of hydrogen-bond acceptors (Lipinski definition) is 10. The predicted octanol–water partition coefficient (Wildman–Crippen LogP) is 2.76. The number of carbonyl (C=O) groups is 6. The Balaban J connectivity index is 0.000000179. The van der Waals surface area contributed by atoms with Crippen LogP contribution in [0.4, 0.5) is 0 Å². The van der Waals surface area contributed by atoms with Gasteiger partial charge in [-0.05, 0) is 40.2 Å². The molecule has 0 unspecified atom stereocenters. The summed E-state index contributed by atoms with van der Waals surface area (Å²) in [5.74, 6) is -3.10. The zero-order valence-electron chi connectivity index (χ0n) is 28.4. The molecule has 0 saturated carbocycles. The number of benzene rings is 2. The van der Waals surface area contributed by atoms with Crippen LogP contribution in [-0.4, -0.2) is 105 Å². The normalized spacial score (nSPS) is 26.5. The van der Waals surface area contributed by atoms with Crippen LogP contribution in [0.25, 0.3) is 11.3 Å². The van der Waals surface area contributed by atoms with Crippen LogP contribution in [0.15, 0.2) is 65.2 Å². The molecule has 0 aliphatic carbocycles. The second-order valence-electron chi connectivity index (χ2n) is 13.7. The lowest BCUT2D eigenvalue weighted by atomic mass is 9.95. The summed E-state index contributed by atoms with van der Waals surface area (Å²) in [6.07, 6.45) is 0.202. The molecule has 1 aromatic heterocycles. The van der Waals surface area contributed by atoms with Gasteiger partial charge in [0.05, 0.1) is 6.42 Å². The first-order valence-corrected chi connectivity index (χ1v) is 17.9. The third kappa shape index (κ3) is 6.46. The Kier molecular flexibility index (Phi) is 9.44. The highest BCUT2D eigenvalue weighted by atomic mass is 32.2. The number of β-lactam (4-membered cyclic amide) rings is 2. The molecule has 14 nitrogen and oxygen atoms in total. The van der Waals surface area contributed by atoms with Gasteiger partial charge in [-0.3, -0.25) is 19.2 Å². The van der Waals surface area contributed by atoms with E-state index in [0.717, 1.165) is 11.1 Å². The number of fused-ring (bicyclic) bond motifs is 2. The smallest absolute Gasteiger partial charge is 0.327 e.